The lowest BCUT2D eigenvalue weighted by Crippen LogP contribution is -2.09. The number of carbonyl (C=O) groups excluding carboxylic acids is 1. The third-order valence-corrected chi connectivity index (χ3v) is 2.05. The van der Waals surface area contributed by atoms with Gasteiger partial charge in [-0.05, 0) is 26.2 Å². The molecule has 1 aliphatic carbocycles. The van der Waals surface area contributed by atoms with Gasteiger partial charge in [-0.3, -0.25) is 4.79 Å². The summed E-state index contributed by atoms with van der Waals surface area (Å²) < 4.78 is 10.1. The third-order valence-electron chi connectivity index (χ3n) is 2.05. The van der Waals surface area contributed by atoms with Crippen molar-refractivity contribution in [1.29, 1.82) is 0 Å². The van der Waals surface area contributed by atoms with Gasteiger partial charge in [-0.1, -0.05) is 0 Å². The highest BCUT2D eigenvalue weighted by Crippen LogP contribution is 2.39. The van der Waals surface area contributed by atoms with Crippen LogP contribution in [0.1, 0.15) is 20.3 Å². The van der Waals surface area contributed by atoms with Gasteiger partial charge < -0.3 is 9.47 Å². The number of ether oxygens (including phenoxy) is 2. The average Bonchev–Trinajstić information content (AvgIpc) is 2.80. The molecular formula is C9H16O3. The molecule has 0 saturated heterocycles. The standard InChI is InChI=1S/C9H16O3/c1-3-11-6-7-5-8(7)9(10)12-4-2/h7-8H,3-6H2,1-2H3/t7-,8+/m1/s1. The average molecular weight is 172 g/mol. The van der Waals surface area contributed by atoms with Gasteiger partial charge in [0.1, 0.15) is 0 Å². The maximum absolute atomic E-state index is 11.1. The highest BCUT2D eigenvalue weighted by Gasteiger charge is 2.43. The van der Waals surface area contributed by atoms with Crippen molar-refractivity contribution < 1.29 is 14.3 Å². The highest BCUT2D eigenvalue weighted by molar-refractivity contribution is 5.75. The van der Waals surface area contributed by atoms with Crippen LogP contribution in [0.3, 0.4) is 0 Å². The van der Waals surface area contributed by atoms with E-state index in [1.54, 1.807) is 0 Å². The van der Waals surface area contributed by atoms with Gasteiger partial charge in [-0.15, -0.1) is 0 Å². The van der Waals surface area contributed by atoms with Crippen LogP contribution in [0.15, 0.2) is 0 Å². The van der Waals surface area contributed by atoms with Crippen LogP contribution in [0.2, 0.25) is 0 Å². The monoisotopic (exact) mass is 172 g/mol. The number of esters is 1. The van der Waals surface area contributed by atoms with E-state index in [-0.39, 0.29) is 11.9 Å². The first kappa shape index (κ1) is 9.52. The van der Waals surface area contributed by atoms with Crippen molar-refractivity contribution in [3.05, 3.63) is 0 Å². The van der Waals surface area contributed by atoms with Crippen LogP contribution >= 0.6 is 0 Å². The molecule has 1 aliphatic rings. The topological polar surface area (TPSA) is 35.5 Å². The van der Waals surface area contributed by atoms with E-state index in [0.29, 0.717) is 19.1 Å². The predicted octanol–water partition coefficient (Wildman–Crippen LogP) is 1.22. The molecule has 0 aromatic heterocycles. The fourth-order valence-corrected chi connectivity index (χ4v) is 1.24. The summed E-state index contributed by atoms with van der Waals surface area (Å²) in [6, 6.07) is 0. The number of hydrogen-bond acceptors (Lipinski definition) is 3. The molecule has 1 fully saturated rings. The first-order chi connectivity index (χ1) is 5.79. The van der Waals surface area contributed by atoms with E-state index in [0.717, 1.165) is 13.0 Å². The molecule has 0 amide bonds. The predicted molar refractivity (Wildman–Crippen MR) is 44.7 cm³/mol. The Kier molecular flexibility index (Phi) is 3.53. The second kappa shape index (κ2) is 4.45. The summed E-state index contributed by atoms with van der Waals surface area (Å²) in [5.74, 6) is 0.489. The molecule has 0 spiro atoms. The summed E-state index contributed by atoms with van der Waals surface area (Å²) in [4.78, 5) is 11.1. The molecule has 3 heteroatoms. The van der Waals surface area contributed by atoms with Gasteiger partial charge >= 0.3 is 5.97 Å². The van der Waals surface area contributed by atoms with Crippen molar-refractivity contribution in [2.75, 3.05) is 19.8 Å². The summed E-state index contributed by atoms with van der Waals surface area (Å²) in [6.45, 7) is 5.71. The Morgan fingerprint density at radius 3 is 2.75 bits per heavy atom. The molecule has 1 rings (SSSR count). The minimum Gasteiger partial charge on any atom is -0.466 e. The maximum atomic E-state index is 11.1. The van der Waals surface area contributed by atoms with E-state index in [1.165, 1.54) is 0 Å². The van der Waals surface area contributed by atoms with Crippen LogP contribution in [-0.4, -0.2) is 25.8 Å². The van der Waals surface area contributed by atoms with E-state index >= 15 is 0 Å². The smallest absolute Gasteiger partial charge is 0.309 e. The SMILES string of the molecule is CCOC[C@H]1C[C@@H]1C(=O)OCC. The molecule has 2 atom stereocenters. The number of rotatable bonds is 5. The van der Waals surface area contributed by atoms with Crippen LogP contribution in [0.25, 0.3) is 0 Å². The fraction of sp³-hybridized carbons (Fsp3) is 0.889. The van der Waals surface area contributed by atoms with E-state index in [2.05, 4.69) is 0 Å². The quantitative estimate of drug-likeness (QED) is 0.585. The van der Waals surface area contributed by atoms with Crippen molar-refractivity contribution >= 4 is 5.97 Å². The van der Waals surface area contributed by atoms with Crippen molar-refractivity contribution in [2.45, 2.75) is 20.3 Å². The molecule has 70 valence electrons. The van der Waals surface area contributed by atoms with Crippen molar-refractivity contribution in [2.24, 2.45) is 11.8 Å². The third kappa shape index (κ3) is 2.48. The van der Waals surface area contributed by atoms with Gasteiger partial charge in [0.05, 0.1) is 19.1 Å². The van der Waals surface area contributed by atoms with Gasteiger partial charge in [-0.2, -0.15) is 0 Å². The lowest BCUT2D eigenvalue weighted by atomic mass is 10.3. The zero-order chi connectivity index (χ0) is 8.97. The minimum atomic E-state index is -0.0535. The number of carbonyl (C=O) groups is 1. The van der Waals surface area contributed by atoms with Gasteiger partial charge in [0.2, 0.25) is 0 Å². The highest BCUT2D eigenvalue weighted by atomic mass is 16.5. The molecular weight excluding hydrogens is 156 g/mol. The van der Waals surface area contributed by atoms with Gasteiger partial charge in [0.25, 0.3) is 0 Å². The second-order valence-corrected chi connectivity index (χ2v) is 3.01. The zero-order valence-corrected chi connectivity index (χ0v) is 7.71. The summed E-state index contributed by atoms with van der Waals surface area (Å²) in [5.41, 5.74) is 0. The Morgan fingerprint density at radius 2 is 2.17 bits per heavy atom. The molecule has 0 aromatic carbocycles. The van der Waals surface area contributed by atoms with E-state index in [1.807, 2.05) is 13.8 Å². The van der Waals surface area contributed by atoms with Crippen molar-refractivity contribution in [3.63, 3.8) is 0 Å². The molecule has 0 aliphatic heterocycles. The van der Waals surface area contributed by atoms with Gasteiger partial charge in [0, 0.05) is 6.61 Å². The molecule has 0 heterocycles. The van der Waals surface area contributed by atoms with Crippen LogP contribution < -0.4 is 0 Å². The van der Waals surface area contributed by atoms with Crippen molar-refractivity contribution in [3.8, 4) is 0 Å². The number of hydrogen-bond donors (Lipinski definition) is 0. The Morgan fingerprint density at radius 1 is 1.42 bits per heavy atom. The minimum absolute atomic E-state index is 0.0535. The van der Waals surface area contributed by atoms with E-state index in [4.69, 9.17) is 9.47 Å². The van der Waals surface area contributed by atoms with Gasteiger partial charge in [0.15, 0.2) is 0 Å². The molecule has 0 aromatic rings. The first-order valence-electron chi connectivity index (χ1n) is 4.54. The van der Waals surface area contributed by atoms with Crippen LogP contribution in [-0.2, 0) is 14.3 Å². The largest absolute Gasteiger partial charge is 0.466 e. The lowest BCUT2D eigenvalue weighted by molar-refractivity contribution is -0.145. The van der Waals surface area contributed by atoms with Crippen molar-refractivity contribution in [1.82, 2.24) is 0 Å². The molecule has 0 bridgehead atoms. The summed E-state index contributed by atoms with van der Waals surface area (Å²) in [6.07, 6.45) is 0.943. The van der Waals surface area contributed by atoms with Gasteiger partial charge in [-0.25, -0.2) is 0 Å². The fourth-order valence-electron chi connectivity index (χ4n) is 1.24. The summed E-state index contributed by atoms with van der Waals surface area (Å²) in [7, 11) is 0. The summed E-state index contributed by atoms with van der Waals surface area (Å²) in [5, 5.41) is 0. The van der Waals surface area contributed by atoms with E-state index < -0.39 is 0 Å². The molecule has 0 unspecified atom stereocenters. The maximum Gasteiger partial charge on any atom is 0.309 e. The Hall–Kier alpha value is -0.570. The lowest BCUT2D eigenvalue weighted by Gasteiger charge is -2.00. The van der Waals surface area contributed by atoms with Crippen LogP contribution in [0.4, 0.5) is 0 Å². The first-order valence-corrected chi connectivity index (χ1v) is 4.54. The zero-order valence-electron chi connectivity index (χ0n) is 7.71. The molecule has 3 nitrogen and oxygen atoms in total. The molecule has 0 N–H and O–H groups in total. The Balaban J connectivity index is 2.10. The van der Waals surface area contributed by atoms with E-state index in [9.17, 15) is 4.79 Å². The normalized spacial score (nSPS) is 26.8. The van der Waals surface area contributed by atoms with Crippen LogP contribution in [0.5, 0.6) is 0 Å². The second-order valence-electron chi connectivity index (χ2n) is 3.01. The Bertz CT molecular complexity index is 156. The molecule has 12 heavy (non-hydrogen) atoms. The molecule has 0 radical (unpaired) electrons. The summed E-state index contributed by atoms with van der Waals surface area (Å²) >= 11 is 0. The molecule has 1 saturated carbocycles. The van der Waals surface area contributed by atoms with Crippen LogP contribution in [0, 0.1) is 11.8 Å². The Labute approximate surface area is 73.0 Å².